The minimum atomic E-state index is -0.443. The van der Waals surface area contributed by atoms with Crippen LogP contribution in [0.15, 0.2) is 32.8 Å². The molecule has 142 valence electrons. The van der Waals surface area contributed by atoms with Crippen molar-refractivity contribution in [2.45, 2.75) is 26.2 Å². The number of oxazole rings is 1. The minimum absolute atomic E-state index is 0.199. The quantitative estimate of drug-likeness (QED) is 0.747. The molecule has 0 radical (unpaired) electrons. The average molecular weight is 371 g/mol. The molecule has 0 aromatic carbocycles. The maximum Gasteiger partial charge on any atom is 0.425 e. The summed E-state index contributed by atoms with van der Waals surface area (Å²) in [5.74, 6) is 0.845. The third-order valence-corrected chi connectivity index (χ3v) is 5.03. The summed E-state index contributed by atoms with van der Waals surface area (Å²) in [5, 5.41) is 6.40. The van der Waals surface area contributed by atoms with Gasteiger partial charge in [-0.25, -0.2) is 18.7 Å². The standard InChI is InChI=1S/C19H22FN5O2/c1-12-15-6-13(7-16(15)17(20)9-24-12)8-21-3-2-14-11-25(19(26)27-14)18-10-22-4-5-23-18/h5,9-11,13,21-22H,2-4,6-8H2,1H3. The van der Waals surface area contributed by atoms with Crippen molar-refractivity contribution in [3.05, 3.63) is 57.5 Å². The molecule has 0 saturated heterocycles. The zero-order valence-corrected chi connectivity index (χ0v) is 15.2. The van der Waals surface area contributed by atoms with Crippen LogP contribution < -0.4 is 16.4 Å². The lowest BCUT2D eigenvalue weighted by Gasteiger charge is -2.10. The van der Waals surface area contributed by atoms with Gasteiger partial charge in [0.2, 0.25) is 0 Å². The lowest BCUT2D eigenvalue weighted by Crippen LogP contribution is -2.25. The Labute approximate surface area is 156 Å². The zero-order valence-electron chi connectivity index (χ0n) is 15.2. The third-order valence-electron chi connectivity index (χ3n) is 5.03. The maximum atomic E-state index is 13.9. The van der Waals surface area contributed by atoms with Crippen LogP contribution in [0.2, 0.25) is 0 Å². The number of hydrogen-bond acceptors (Lipinski definition) is 6. The molecule has 1 aliphatic carbocycles. The molecule has 27 heavy (non-hydrogen) atoms. The number of halogens is 1. The van der Waals surface area contributed by atoms with E-state index in [1.807, 2.05) is 6.92 Å². The van der Waals surface area contributed by atoms with Crippen LogP contribution in [0.1, 0.15) is 22.6 Å². The van der Waals surface area contributed by atoms with Crippen molar-refractivity contribution in [3.63, 3.8) is 0 Å². The van der Waals surface area contributed by atoms with Crippen LogP contribution in [0, 0.1) is 18.7 Å². The molecular weight excluding hydrogens is 349 g/mol. The lowest BCUT2D eigenvalue weighted by molar-refractivity contribution is 0.444. The van der Waals surface area contributed by atoms with Gasteiger partial charge in [0.15, 0.2) is 5.82 Å². The minimum Gasteiger partial charge on any atom is -0.413 e. The van der Waals surface area contributed by atoms with Crippen molar-refractivity contribution in [1.29, 1.82) is 0 Å². The Kier molecular flexibility index (Phi) is 4.89. The largest absolute Gasteiger partial charge is 0.425 e. The van der Waals surface area contributed by atoms with Crippen molar-refractivity contribution < 1.29 is 8.81 Å². The van der Waals surface area contributed by atoms with E-state index in [0.717, 1.165) is 36.2 Å². The molecule has 3 heterocycles. The van der Waals surface area contributed by atoms with Crippen LogP contribution in [0.4, 0.5) is 4.39 Å². The highest BCUT2D eigenvalue weighted by Gasteiger charge is 2.26. The summed E-state index contributed by atoms with van der Waals surface area (Å²) in [5.41, 5.74) is 2.79. The van der Waals surface area contributed by atoms with Gasteiger partial charge in [0, 0.05) is 37.6 Å². The van der Waals surface area contributed by atoms with E-state index in [1.54, 1.807) is 18.6 Å². The first kappa shape index (κ1) is 17.7. The van der Waals surface area contributed by atoms with Crippen LogP contribution in [0.5, 0.6) is 0 Å². The molecule has 2 N–H and O–H groups in total. The van der Waals surface area contributed by atoms with Gasteiger partial charge in [-0.15, -0.1) is 0 Å². The maximum absolute atomic E-state index is 13.9. The van der Waals surface area contributed by atoms with E-state index in [4.69, 9.17) is 4.42 Å². The number of rotatable bonds is 6. The molecule has 7 nitrogen and oxygen atoms in total. The van der Waals surface area contributed by atoms with Crippen molar-refractivity contribution in [3.8, 4) is 0 Å². The smallest absolute Gasteiger partial charge is 0.413 e. The van der Waals surface area contributed by atoms with Gasteiger partial charge in [-0.1, -0.05) is 0 Å². The molecule has 0 saturated carbocycles. The number of hydrogen-bond donors (Lipinski definition) is 2. The Morgan fingerprint density at radius 3 is 3.04 bits per heavy atom. The first-order valence-corrected chi connectivity index (χ1v) is 9.13. The monoisotopic (exact) mass is 371 g/mol. The van der Waals surface area contributed by atoms with Gasteiger partial charge in [0.05, 0.1) is 12.4 Å². The second-order valence-corrected chi connectivity index (χ2v) is 6.93. The third kappa shape index (κ3) is 3.71. The molecule has 1 atom stereocenters. The number of aromatic nitrogens is 2. The van der Waals surface area contributed by atoms with E-state index < -0.39 is 5.76 Å². The topological polar surface area (TPSA) is 84.5 Å². The van der Waals surface area contributed by atoms with Crippen LogP contribution in [-0.4, -0.2) is 35.4 Å². The number of nitrogens with one attached hydrogen (secondary N) is 2. The summed E-state index contributed by atoms with van der Waals surface area (Å²) >= 11 is 0. The normalized spacial score (nSPS) is 18.3. The molecule has 1 aliphatic heterocycles. The molecule has 2 aromatic heterocycles. The Hall–Kier alpha value is -2.74. The van der Waals surface area contributed by atoms with Gasteiger partial charge in [-0.3, -0.25) is 4.98 Å². The molecule has 2 aliphatic rings. The van der Waals surface area contributed by atoms with Crippen LogP contribution in [-0.2, 0) is 19.3 Å². The van der Waals surface area contributed by atoms with Gasteiger partial charge in [0.1, 0.15) is 11.6 Å². The Balaban J connectivity index is 1.29. The van der Waals surface area contributed by atoms with Gasteiger partial charge in [-0.2, -0.15) is 0 Å². The Bertz CT molecular complexity index is 928. The molecular formula is C19H22FN5O2. The van der Waals surface area contributed by atoms with E-state index >= 15 is 0 Å². The van der Waals surface area contributed by atoms with Gasteiger partial charge in [0.25, 0.3) is 0 Å². The van der Waals surface area contributed by atoms with E-state index in [0.29, 0.717) is 37.0 Å². The zero-order chi connectivity index (χ0) is 18.8. The first-order valence-electron chi connectivity index (χ1n) is 9.13. The Morgan fingerprint density at radius 2 is 2.26 bits per heavy atom. The predicted molar refractivity (Wildman–Crippen MR) is 100 cm³/mol. The summed E-state index contributed by atoms with van der Waals surface area (Å²) in [6.07, 6.45) is 8.57. The van der Waals surface area contributed by atoms with Crippen molar-refractivity contribution >= 4 is 12.0 Å². The molecule has 4 rings (SSSR count). The average Bonchev–Trinajstić information content (AvgIpc) is 3.27. The SMILES string of the molecule is Cc1ncc(F)c2c1CC(CNCCc1cn(C3=CNCC=N3)c(=O)o1)C2. The highest BCUT2D eigenvalue weighted by atomic mass is 19.1. The predicted octanol–water partition coefficient (Wildman–Crippen LogP) is 1.26. The van der Waals surface area contributed by atoms with E-state index in [1.165, 1.54) is 10.8 Å². The molecule has 1 unspecified atom stereocenters. The molecule has 0 amide bonds. The molecule has 2 aromatic rings. The summed E-state index contributed by atoms with van der Waals surface area (Å²) in [4.78, 5) is 20.3. The fourth-order valence-corrected chi connectivity index (χ4v) is 3.65. The van der Waals surface area contributed by atoms with Crippen LogP contribution in [0.3, 0.4) is 0 Å². The highest BCUT2D eigenvalue weighted by Crippen LogP contribution is 2.29. The van der Waals surface area contributed by atoms with Gasteiger partial charge < -0.3 is 15.1 Å². The molecule has 0 bridgehead atoms. The molecule has 0 fully saturated rings. The number of aryl methyl sites for hydroxylation is 1. The fraction of sp³-hybridized carbons (Fsp3) is 0.421. The van der Waals surface area contributed by atoms with E-state index in [9.17, 15) is 9.18 Å². The summed E-state index contributed by atoms with van der Waals surface area (Å²) < 4.78 is 20.6. The number of fused-ring (bicyclic) bond motifs is 1. The summed E-state index contributed by atoms with van der Waals surface area (Å²) in [7, 11) is 0. The second-order valence-electron chi connectivity index (χ2n) is 6.93. The lowest BCUT2D eigenvalue weighted by atomic mass is 10.1. The number of nitrogens with zero attached hydrogens (tertiary/aromatic N) is 3. The molecule has 8 heteroatoms. The number of pyridine rings is 1. The van der Waals surface area contributed by atoms with Crippen molar-refractivity contribution in [1.82, 2.24) is 20.2 Å². The second kappa shape index (κ2) is 7.48. The van der Waals surface area contributed by atoms with Crippen LogP contribution in [0.25, 0.3) is 5.82 Å². The fourth-order valence-electron chi connectivity index (χ4n) is 3.65. The van der Waals surface area contributed by atoms with Gasteiger partial charge >= 0.3 is 5.76 Å². The van der Waals surface area contributed by atoms with Gasteiger partial charge in [-0.05, 0) is 43.4 Å². The first-order chi connectivity index (χ1) is 13.1. The number of aliphatic imine (C=N–C) groups is 1. The molecule has 0 spiro atoms. The summed E-state index contributed by atoms with van der Waals surface area (Å²) in [6.45, 7) is 4.05. The van der Waals surface area contributed by atoms with E-state index in [-0.39, 0.29) is 5.82 Å². The van der Waals surface area contributed by atoms with Crippen LogP contribution >= 0.6 is 0 Å². The van der Waals surface area contributed by atoms with Crippen molar-refractivity contribution in [2.75, 3.05) is 19.6 Å². The highest BCUT2D eigenvalue weighted by molar-refractivity contribution is 5.69. The van der Waals surface area contributed by atoms with E-state index in [2.05, 4.69) is 20.6 Å². The van der Waals surface area contributed by atoms with Crippen molar-refractivity contribution in [2.24, 2.45) is 10.9 Å². The Morgan fingerprint density at radius 1 is 1.41 bits per heavy atom. The summed E-state index contributed by atoms with van der Waals surface area (Å²) in [6, 6.07) is 0.